The van der Waals surface area contributed by atoms with Gasteiger partial charge in [-0.25, -0.2) is 4.98 Å². The van der Waals surface area contributed by atoms with Gasteiger partial charge in [0.2, 0.25) is 0 Å². The van der Waals surface area contributed by atoms with Crippen molar-refractivity contribution in [2.24, 2.45) is 0 Å². The Hall–Kier alpha value is -3.59. The van der Waals surface area contributed by atoms with E-state index < -0.39 is 0 Å². The molecule has 130 valence electrons. The van der Waals surface area contributed by atoms with Crippen LogP contribution in [0.3, 0.4) is 0 Å². The second kappa shape index (κ2) is 8.49. The number of esters is 1. The number of hydrogen-bond donors (Lipinski definition) is 1. The molecular formula is C20H18N4O2. The zero-order valence-electron chi connectivity index (χ0n) is 14.1. The molecule has 0 aliphatic carbocycles. The molecule has 3 rings (SSSR count). The molecule has 0 radical (unpaired) electrons. The van der Waals surface area contributed by atoms with Crippen molar-refractivity contribution in [2.45, 2.75) is 13.2 Å². The van der Waals surface area contributed by atoms with Gasteiger partial charge in [-0.3, -0.25) is 4.79 Å². The Balaban J connectivity index is 1.70. The topological polar surface area (TPSA) is 82.0 Å². The van der Waals surface area contributed by atoms with Crippen LogP contribution in [0.15, 0.2) is 67.1 Å². The van der Waals surface area contributed by atoms with Crippen LogP contribution in [0.5, 0.6) is 0 Å². The molecule has 0 amide bonds. The number of benzene rings is 2. The number of anilines is 1. The van der Waals surface area contributed by atoms with Crippen LogP contribution < -0.4 is 4.90 Å². The summed E-state index contributed by atoms with van der Waals surface area (Å²) >= 11 is 0. The highest BCUT2D eigenvalue weighted by Crippen LogP contribution is 2.18. The van der Waals surface area contributed by atoms with Crippen molar-refractivity contribution in [1.82, 2.24) is 9.97 Å². The summed E-state index contributed by atoms with van der Waals surface area (Å²) < 4.78 is 5.38. The third-order valence-corrected chi connectivity index (χ3v) is 3.81. The van der Waals surface area contributed by atoms with Crippen LogP contribution >= 0.6 is 0 Å². The van der Waals surface area contributed by atoms with Crippen LogP contribution in [0.25, 0.3) is 0 Å². The minimum Gasteiger partial charge on any atom is -0.459 e. The Bertz CT molecular complexity index is 886. The quantitative estimate of drug-likeness (QED) is 0.665. The molecule has 0 aliphatic rings. The van der Waals surface area contributed by atoms with E-state index in [1.807, 2.05) is 41.3 Å². The highest BCUT2D eigenvalue weighted by atomic mass is 16.5. The Morgan fingerprint density at radius 1 is 1.19 bits per heavy atom. The number of aromatic amines is 1. The Morgan fingerprint density at radius 3 is 2.77 bits per heavy atom. The molecule has 0 spiro atoms. The van der Waals surface area contributed by atoms with Gasteiger partial charge in [-0.2, -0.15) is 5.26 Å². The van der Waals surface area contributed by atoms with Gasteiger partial charge in [0.05, 0.1) is 30.2 Å². The minimum atomic E-state index is -0.341. The van der Waals surface area contributed by atoms with Gasteiger partial charge >= 0.3 is 5.97 Å². The van der Waals surface area contributed by atoms with Gasteiger partial charge in [0, 0.05) is 11.9 Å². The summed E-state index contributed by atoms with van der Waals surface area (Å²) in [5, 5.41) is 9.12. The number of nitriles is 1. The number of nitrogens with one attached hydrogen (secondary N) is 1. The maximum atomic E-state index is 12.3. The maximum Gasteiger partial charge on any atom is 0.325 e. The minimum absolute atomic E-state index is 0.0641. The average Bonchev–Trinajstić information content (AvgIpc) is 3.20. The zero-order valence-corrected chi connectivity index (χ0v) is 14.1. The molecule has 0 atom stereocenters. The summed E-state index contributed by atoms with van der Waals surface area (Å²) in [5.41, 5.74) is 3.03. The molecule has 1 heterocycles. The Morgan fingerprint density at radius 2 is 2.04 bits per heavy atom. The summed E-state index contributed by atoms with van der Waals surface area (Å²) in [7, 11) is 0. The molecule has 0 saturated carbocycles. The standard InChI is InChI=1S/C20H18N4O2/c21-10-17-7-4-8-19(9-17)24(12-18-11-22-15-23-18)13-20(25)26-14-16-5-2-1-3-6-16/h1-9,11,15H,12-14H2,(H,22,23). The number of hydrogen-bond acceptors (Lipinski definition) is 5. The lowest BCUT2D eigenvalue weighted by molar-refractivity contribution is -0.143. The predicted octanol–water partition coefficient (Wildman–Crippen LogP) is 3.03. The van der Waals surface area contributed by atoms with Crippen molar-refractivity contribution < 1.29 is 9.53 Å². The number of rotatable bonds is 7. The van der Waals surface area contributed by atoms with Crippen LogP contribution in [0.1, 0.15) is 16.8 Å². The van der Waals surface area contributed by atoms with E-state index in [0.717, 1.165) is 16.9 Å². The van der Waals surface area contributed by atoms with Crippen molar-refractivity contribution in [3.05, 3.63) is 83.9 Å². The molecule has 3 aromatic rings. The number of aromatic nitrogens is 2. The first-order chi connectivity index (χ1) is 12.7. The number of carbonyl (C=O) groups excluding carboxylic acids is 1. The van der Waals surface area contributed by atoms with Crippen molar-refractivity contribution >= 4 is 11.7 Å². The Labute approximate surface area is 151 Å². The number of carbonyl (C=O) groups is 1. The molecule has 0 unspecified atom stereocenters. The highest BCUT2D eigenvalue weighted by molar-refractivity contribution is 5.76. The number of ether oxygens (including phenoxy) is 1. The third kappa shape index (κ3) is 4.71. The predicted molar refractivity (Wildman–Crippen MR) is 97.0 cm³/mol. The fourth-order valence-electron chi connectivity index (χ4n) is 2.52. The monoisotopic (exact) mass is 346 g/mol. The van der Waals surface area contributed by atoms with Gasteiger partial charge in [0.15, 0.2) is 0 Å². The lowest BCUT2D eigenvalue weighted by atomic mass is 10.2. The second-order valence-electron chi connectivity index (χ2n) is 5.73. The molecule has 6 nitrogen and oxygen atoms in total. The normalized spacial score (nSPS) is 10.1. The van der Waals surface area contributed by atoms with E-state index in [0.29, 0.717) is 12.1 Å². The van der Waals surface area contributed by atoms with E-state index in [1.165, 1.54) is 0 Å². The second-order valence-corrected chi connectivity index (χ2v) is 5.73. The summed E-state index contributed by atoms with van der Waals surface area (Å²) in [6.07, 6.45) is 3.36. The van der Waals surface area contributed by atoms with Gasteiger partial charge in [-0.15, -0.1) is 0 Å². The maximum absolute atomic E-state index is 12.3. The lowest BCUT2D eigenvalue weighted by Gasteiger charge is -2.23. The van der Waals surface area contributed by atoms with E-state index in [1.54, 1.807) is 30.7 Å². The van der Waals surface area contributed by atoms with E-state index in [2.05, 4.69) is 16.0 Å². The van der Waals surface area contributed by atoms with E-state index >= 15 is 0 Å². The van der Waals surface area contributed by atoms with Gasteiger partial charge in [-0.05, 0) is 23.8 Å². The third-order valence-electron chi connectivity index (χ3n) is 3.81. The van der Waals surface area contributed by atoms with E-state index in [-0.39, 0.29) is 19.1 Å². The average molecular weight is 346 g/mol. The molecular weight excluding hydrogens is 328 g/mol. The molecule has 26 heavy (non-hydrogen) atoms. The summed E-state index contributed by atoms with van der Waals surface area (Å²) in [5.74, 6) is -0.341. The van der Waals surface area contributed by atoms with Gasteiger partial charge in [0.1, 0.15) is 13.2 Å². The molecule has 2 aromatic carbocycles. The fourth-order valence-corrected chi connectivity index (χ4v) is 2.52. The zero-order chi connectivity index (χ0) is 18.2. The fraction of sp³-hybridized carbons (Fsp3) is 0.150. The summed E-state index contributed by atoms with van der Waals surface area (Å²) in [4.78, 5) is 21.3. The molecule has 0 bridgehead atoms. The van der Waals surface area contributed by atoms with Crippen LogP contribution in [0.4, 0.5) is 5.69 Å². The first kappa shape index (κ1) is 17.2. The molecule has 0 aliphatic heterocycles. The van der Waals surface area contributed by atoms with Crippen molar-refractivity contribution in [3.8, 4) is 6.07 Å². The van der Waals surface area contributed by atoms with E-state index in [9.17, 15) is 4.79 Å². The summed E-state index contributed by atoms with van der Waals surface area (Å²) in [6, 6.07) is 18.8. The molecule has 1 N–H and O–H groups in total. The van der Waals surface area contributed by atoms with Gasteiger partial charge in [0.25, 0.3) is 0 Å². The Kier molecular flexibility index (Phi) is 5.63. The van der Waals surface area contributed by atoms with Gasteiger partial charge in [-0.1, -0.05) is 36.4 Å². The van der Waals surface area contributed by atoms with E-state index in [4.69, 9.17) is 10.00 Å². The molecule has 0 saturated heterocycles. The SMILES string of the molecule is N#Cc1cccc(N(CC(=O)OCc2ccccc2)Cc2c[nH]cn2)c1. The van der Waals surface area contributed by atoms with Crippen molar-refractivity contribution in [3.63, 3.8) is 0 Å². The highest BCUT2D eigenvalue weighted by Gasteiger charge is 2.15. The first-order valence-electron chi connectivity index (χ1n) is 8.17. The molecule has 1 aromatic heterocycles. The van der Waals surface area contributed by atoms with Crippen molar-refractivity contribution in [1.29, 1.82) is 5.26 Å². The summed E-state index contributed by atoms with van der Waals surface area (Å²) in [6.45, 7) is 0.724. The molecule has 0 fully saturated rings. The first-order valence-corrected chi connectivity index (χ1v) is 8.17. The smallest absolute Gasteiger partial charge is 0.325 e. The number of nitrogens with zero attached hydrogens (tertiary/aromatic N) is 3. The lowest BCUT2D eigenvalue weighted by Crippen LogP contribution is -2.30. The van der Waals surface area contributed by atoms with Crippen LogP contribution in [0, 0.1) is 11.3 Å². The van der Waals surface area contributed by atoms with Gasteiger partial charge < -0.3 is 14.6 Å². The van der Waals surface area contributed by atoms with Crippen LogP contribution in [-0.4, -0.2) is 22.5 Å². The number of imidazole rings is 1. The van der Waals surface area contributed by atoms with Crippen molar-refractivity contribution in [2.75, 3.05) is 11.4 Å². The van der Waals surface area contributed by atoms with Crippen LogP contribution in [-0.2, 0) is 22.7 Å². The molecule has 6 heteroatoms. The number of H-pyrrole nitrogens is 1. The largest absolute Gasteiger partial charge is 0.459 e. The van der Waals surface area contributed by atoms with Crippen LogP contribution in [0.2, 0.25) is 0 Å².